The number of nitro benzene ring substituents is 1. The summed E-state index contributed by atoms with van der Waals surface area (Å²) >= 11 is 1.25. The summed E-state index contributed by atoms with van der Waals surface area (Å²) in [6.07, 6.45) is 12.8. The first-order chi connectivity index (χ1) is 12.5. The van der Waals surface area contributed by atoms with Crippen LogP contribution in [0.3, 0.4) is 0 Å². The number of aryl methyl sites for hydroxylation is 1. The van der Waals surface area contributed by atoms with E-state index in [0.29, 0.717) is 5.69 Å². The van der Waals surface area contributed by atoms with Gasteiger partial charge in [0.05, 0.1) is 10.6 Å². The van der Waals surface area contributed by atoms with E-state index in [-0.39, 0.29) is 10.9 Å². The fourth-order valence-electron chi connectivity index (χ4n) is 2.76. The van der Waals surface area contributed by atoms with Crippen LogP contribution in [0.1, 0.15) is 76.7 Å². The van der Waals surface area contributed by atoms with Crippen LogP contribution in [0.25, 0.3) is 0 Å². The van der Waals surface area contributed by atoms with E-state index in [2.05, 4.69) is 12.2 Å². The summed E-state index contributed by atoms with van der Waals surface area (Å²) in [5.41, 5.74) is 1.33. The molecule has 0 aliphatic rings. The van der Waals surface area contributed by atoms with Crippen molar-refractivity contribution in [3.05, 3.63) is 33.9 Å². The van der Waals surface area contributed by atoms with Gasteiger partial charge in [0.15, 0.2) is 0 Å². The summed E-state index contributed by atoms with van der Waals surface area (Å²) in [6, 6.07) is 4.51. The average Bonchev–Trinajstić information content (AvgIpc) is 2.61. The van der Waals surface area contributed by atoms with E-state index in [4.69, 9.17) is 0 Å². The number of unbranched alkanes of at least 4 members (excludes halogenated alkanes) is 9. The predicted octanol–water partition coefficient (Wildman–Crippen LogP) is 7.09. The highest BCUT2D eigenvalue weighted by atomic mass is 32.2. The maximum atomic E-state index is 12.0. The molecule has 0 aromatic heterocycles. The minimum atomic E-state index is -0.452. The monoisotopic (exact) mass is 380 g/mol. The van der Waals surface area contributed by atoms with Gasteiger partial charge in [-0.25, -0.2) is 0 Å². The number of hydrogen-bond donors (Lipinski definition) is 1. The molecule has 0 heterocycles. The maximum Gasteiger partial charge on any atom is 0.283 e. The van der Waals surface area contributed by atoms with Crippen molar-refractivity contribution in [1.29, 1.82) is 0 Å². The number of carbonyl (C=O) groups is 1. The molecule has 1 aromatic carbocycles. The van der Waals surface area contributed by atoms with Crippen LogP contribution in [-0.2, 0) is 0 Å². The molecule has 1 N–H and O–H groups in total. The Morgan fingerprint density at radius 2 is 1.62 bits per heavy atom. The highest BCUT2D eigenvalue weighted by Gasteiger charge is 2.11. The first kappa shape index (κ1) is 22.5. The topological polar surface area (TPSA) is 72.2 Å². The molecular formula is C20H32N2O3S. The van der Waals surface area contributed by atoms with Gasteiger partial charge in [-0.2, -0.15) is 0 Å². The summed E-state index contributed by atoms with van der Waals surface area (Å²) in [5.74, 6) is 0.788. The van der Waals surface area contributed by atoms with Crippen molar-refractivity contribution in [3.8, 4) is 0 Å². The fraction of sp³-hybridized carbons (Fsp3) is 0.650. The molecule has 0 aliphatic heterocycles. The quantitative estimate of drug-likeness (QED) is 0.225. The zero-order chi connectivity index (χ0) is 19.2. The van der Waals surface area contributed by atoms with Crippen LogP contribution in [-0.4, -0.2) is 15.9 Å². The smallest absolute Gasteiger partial charge is 0.283 e. The Labute approximate surface area is 161 Å². The van der Waals surface area contributed by atoms with Crippen molar-refractivity contribution in [2.24, 2.45) is 0 Å². The number of benzene rings is 1. The summed E-state index contributed by atoms with van der Waals surface area (Å²) in [5, 5.41) is 13.4. The van der Waals surface area contributed by atoms with Gasteiger partial charge in [0, 0.05) is 17.9 Å². The maximum absolute atomic E-state index is 12.0. The molecule has 1 aromatic rings. The Bertz CT molecular complexity index is 564. The molecule has 5 nitrogen and oxygen atoms in total. The normalized spacial score (nSPS) is 10.7. The van der Waals surface area contributed by atoms with E-state index in [1.807, 2.05) is 6.92 Å². The molecule has 146 valence electrons. The number of nitrogens with one attached hydrogen (secondary N) is 1. The third-order valence-electron chi connectivity index (χ3n) is 4.40. The lowest BCUT2D eigenvalue weighted by Crippen LogP contribution is -2.07. The highest BCUT2D eigenvalue weighted by molar-refractivity contribution is 8.13. The number of thioether (sulfide) groups is 1. The molecule has 0 spiro atoms. The Morgan fingerprint density at radius 3 is 2.19 bits per heavy atom. The van der Waals surface area contributed by atoms with Gasteiger partial charge in [-0.15, -0.1) is 0 Å². The second kappa shape index (κ2) is 13.6. The lowest BCUT2D eigenvalue weighted by Gasteiger charge is -2.08. The highest BCUT2D eigenvalue weighted by Crippen LogP contribution is 2.23. The molecule has 0 radical (unpaired) electrons. The Kier molecular flexibility index (Phi) is 11.8. The minimum Gasteiger partial charge on any atom is -0.316 e. The Hall–Kier alpha value is -1.56. The molecule has 0 bridgehead atoms. The molecule has 1 amide bonds. The van der Waals surface area contributed by atoms with Crippen molar-refractivity contribution in [2.75, 3.05) is 11.1 Å². The molecule has 26 heavy (non-hydrogen) atoms. The Morgan fingerprint density at radius 1 is 1.04 bits per heavy atom. The number of nitrogens with zero attached hydrogens (tertiary/aromatic N) is 1. The standard InChI is InChI=1S/C20H32N2O3S/c1-3-4-5-6-7-8-9-10-11-12-15-26-20(23)21-19-16-18(22(24)25)14-13-17(19)2/h13-14,16H,3-12,15H2,1-2H3,(H,21,23). The summed E-state index contributed by atoms with van der Waals surface area (Å²) in [4.78, 5) is 22.4. The minimum absolute atomic E-state index is 0.00871. The molecule has 6 heteroatoms. The van der Waals surface area contributed by atoms with Gasteiger partial charge >= 0.3 is 0 Å². The van der Waals surface area contributed by atoms with E-state index in [1.54, 1.807) is 6.07 Å². The van der Waals surface area contributed by atoms with Crippen molar-refractivity contribution < 1.29 is 9.72 Å². The van der Waals surface area contributed by atoms with Crippen LogP contribution in [0.5, 0.6) is 0 Å². The van der Waals surface area contributed by atoms with E-state index in [9.17, 15) is 14.9 Å². The molecule has 0 unspecified atom stereocenters. The Balaban J connectivity index is 2.10. The van der Waals surface area contributed by atoms with Gasteiger partial charge in [-0.1, -0.05) is 82.5 Å². The molecule has 1 rings (SSSR count). The zero-order valence-electron chi connectivity index (χ0n) is 16.1. The molecule has 0 aliphatic carbocycles. The number of rotatable bonds is 13. The molecule has 0 atom stereocenters. The van der Waals surface area contributed by atoms with Crippen LogP contribution in [0.15, 0.2) is 18.2 Å². The van der Waals surface area contributed by atoms with Gasteiger partial charge in [-0.05, 0) is 18.9 Å². The molecule has 0 fully saturated rings. The van der Waals surface area contributed by atoms with Crippen LogP contribution < -0.4 is 5.32 Å². The number of hydrogen-bond acceptors (Lipinski definition) is 4. The zero-order valence-corrected chi connectivity index (χ0v) is 16.9. The number of amides is 1. The number of non-ortho nitro benzene ring substituents is 1. The molecule has 0 saturated heterocycles. The SMILES string of the molecule is CCCCCCCCCCCCSC(=O)Nc1cc([N+](=O)[O-])ccc1C. The average molecular weight is 381 g/mol. The summed E-state index contributed by atoms with van der Waals surface area (Å²) in [6.45, 7) is 4.06. The van der Waals surface area contributed by atoms with Crippen molar-refractivity contribution in [1.82, 2.24) is 0 Å². The van der Waals surface area contributed by atoms with Crippen molar-refractivity contribution >= 4 is 28.4 Å². The largest absolute Gasteiger partial charge is 0.316 e. The van der Waals surface area contributed by atoms with Gasteiger partial charge in [0.25, 0.3) is 10.9 Å². The third kappa shape index (κ3) is 9.80. The van der Waals surface area contributed by atoms with Crippen molar-refractivity contribution in [2.45, 2.75) is 78.1 Å². The second-order valence-electron chi connectivity index (χ2n) is 6.70. The van der Waals surface area contributed by atoms with E-state index in [0.717, 1.165) is 24.2 Å². The van der Waals surface area contributed by atoms with Gasteiger partial charge in [0.1, 0.15) is 0 Å². The van der Waals surface area contributed by atoms with Crippen LogP contribution in [0, 0.1) is 17.0 Å². The van der Waals surface area contributed by atoms with Gasteiger partial charge in [-0.3, -0.25) is 14.9 Å². The predicted molar refractivity (Wildman–Crippen MR) is 111 cm³/mol. The van der Waals surface area contributed by atoms with E-state index >= 15 is 0 Å². The first-order valence-corrected chi connectivity index (χ1v) is 10.7. The number of nitro groups is 1. The van der Waals surface area contributed by atoms with Crippen LogP contribution in [0.4, 0.5) is 16.2 Å². The molecular weight excluding hydrogens is 348 g/mol. The van der Waals surface area contributed by atoms with Crippen molar-refractivity contribution in [3.63, 3.8) is 0 Å². The lowest BCUT2D eigenvalue weighted by atomic mass is 10.1. The number of carbonyl (C=O) groups excluding carboxylic acids is 1. The third-order valence-corrected chi connectivity index (χ3v) is 5.26. The lowest BCUT2D eigenvalue weighted by molar-refractivity contribution is -0.384. The fourth-order valence-corrected chi connectivity index (χ4v) is 3.47. The van der Waals surface area contributed by atoms with Crippen LogP contribution in [0.2, 0.25) is 0 Å². The second-order valence-corrected chi connectivity index (χ2v) is 7.77. The molecule has 0 saturated carbocycles. The van der Waals surface area contributed by atoms with E-state index in [1.165, 1.54) is 75.3 Å². The van der Waals surface area contributed by atoms with E-state index < -0.39 is 4.92 Å². The van der Waals surface area contributed by atoms with Gasteiger partial charge in [0.2, 0.25) is 0 Å². The summed E-state index contributed by atoms with van der Waals surface area (Å²) in [7, 11) is 0. The first-order valence-electron chi connectivity index (χ1n) is 9.73. The summed E-state index contributed by atoms with van der Waals surface area (Å²) < 4.78 is 0. The number of anilines is 1. The van der Waals surface area contributed by atoms with Crippen LogP contribution >= 0.6 is 11.8 Å². The van der Waals surface area contributed by atoms with Gasteiger partial charge < -0.3 is 5.32 Å².